The molecule has 4 aliphatic rings. The Labute approximate surface area is 236 Å². The molecule has 0 aliphatic heterocycles. The van der Waals surface area contributed by atoms with E-state index in [4.69, 9.17) is 5.73 Å². The van der Waals surface area contributed by atoms with Crippen LogP contribution in [-0.4, -0.2) is 43.4 Å². The molecule has 4 saturated carbocycles. The largest absolute Gasteiger partial charge is 0.393 e. The molecular formula is C34H65N3O. The van der Waals surface area contributed by atoms with Crippen LogP contribution in [0.3, 0.4) is 0 Å². The fourth-order valence-corrected chi connectivity index (χ4v) is 10.5. The monoisotopic (exact) mass is 532 g/mol. The summed E-state index contributed by atoms with van der Waals surface area (Å²) in [5.74, 6) is 5.27. The van der Waals surface area contributed by atoms with E-state index in [-0.39, 0.29) is 6.10 Å². The molecule has 4 rings (SSSR count). The minimum Gasteiger partial charge on any atom is -0.393 e. The minimum atomic E-state index is -0.0748. The molecule has 4 nitrogen and oxygen atoms in total. The number of aliphatic hydroxyl groups excluding tert-OH is 1. The van der Waals surface area contributed by atoms with Crippen LogP contribution in [0.15, 0.2) is 0 Å². The molecule has 5 N–H and O–H groups in total. The van der Waals surface area contributed by atoms with Gasteiger partial charge in [-0.05, 0) is 149 Å². The Balaban J connectivity index is 1.30. The number of fused-ring (bicyclic) bond motifs is 5. The molecule has 4 heteroatoms. The zero-order valence-electron chi connectivity index (χ0n) is 25.9. The van der Waals surface area contributed by atoms with Crippen LogP contribution >= 0.6 is 0 Å². The zero-order valence-corrected chi connectivity index (χ0v) is 25.9. The van der Waals surface area contributed by atoms with Crippen molar-refractivity contribution >= 4 is 0 Å². The second-order valence-corrected chi connectivity index (χ2v) is 15.4. The molecule has 222 valence electrons. The van der Waals surface area contributed by atoms with E-state index in [1.807, 2.05) is 0 Å². The van der Waals surface area contributed by atoms with E-state index in [0.717, 1.165) is 68.6 Å². The van der Waals surface area contributed by atoms with E-state index in [9.17, 15) is 5.11 Å². The van der Waals surface area contributed by atoms with Crippen LogP contribution in [0, 0.1) is 52.3 Å². The first-order chi connectivity index (χ1) is 18.2. The molecule has 0 aromatic carbocycles. The van der Waals surface area contributed by atoms with Gasteiger partial charge in [0.2, 0.25) is 0 Å². The van der Waals surface area contributed by atoms with Crippen LogP contribution in [0.5, 0.6) is 0 Å². The predicted molar refractivity (Wildman–Crippen MR) is 162 cm³/mol. The average molecular weight is 532 g/mol. The Bertz CT molecular complexity index is 714. The molecule has 0 aromatic rings. The molecule has 0 amide bonds. The first-order valence-corrected chi connectivity index (χ1v) is 17.0. The minimum absolute atomic E-state index is 0.0748. The fraction of sp³-hybridized carbons (Fsp3) is 1.00. The molecule has 0 heterocycles. The van der Waals surface area contributed by atoms with Crippen molar-refractivity contribution in [3.8, 4) is 0 Å². The highest BCUT2D eigenvalue weighted by Gasteiger charge is 2.62. The van der Waals surface area contributed by atoms with E-state index in [1.54, 1.807) is 0 Å². The van der Waals surface area contributed by atoms with Crippen molar-refractivity contribution in [1.82, 2.24) is 10.6 Å². The van der Waals surface area contributed by atoms with Crippen molar-refractivity contribution in [3.63, 3.8) is 0 Å². The molecule has 10 atom stereocenters. The van der Waals surface area contributed by atoms with Crippen LogP contribution < -0.4 is 16.4 Å². The third kappa shape index (κ3) is 6.66. The van der Waals surface area contributed by atoms with Gasteiger partial charge in [-0.15, -0.1) is 0 Å². The second-order valence-electron chi connectivity index (χ2n) is 15.4. The molecule has 38 heavy (non-hydrogen) atoms. The summed E-state index contributed by atoms with van der Waals surface area (Å²) in [6.45, 7) is 16.7. The van der Waals surface area contributed by atoms with E-state index in [2.05, 4.69) is 45.3 Å². The average Bonchev–Trinajstić information content (AvgIpc) is 3.23. The van der Waals surface area contributed by atoms with Gasteiger partial charge in [0, 0.05) is 6.04 Å². The molecule has 0 saturated heterocycles. The van der Waals surface area contributed by atoms with Crippen molar-refractivity contribution in [1.29, 1.82) is 0 Å². The van der Waals surface area contributed by atoms with Crippen molar-refractivity contribution in [2.45, 2.75) is 137 Å². The van der Waals surface area contributed by atoms with Crippen molar-refractivity contribution in [3.05, 3.63) is 0 Å². The number of nitrogens with one attached hydrogen (secondary N) is 2. The summed E-state index contributed by atoms with van der Waals surface area (Å²) in [7, 11) is 0. The highest BCUT2D eigenvalue weighted by atomic mass is 16.3. The molecule has 4 aliphatic carbocycles. The number of hydrogen-bond acceptors (Lipinski definition) is 4. The topological polar surface area (TPSA) is 70.3 Å². The first-order valence-electron chi connectivity index (χ1n) is 17.0. The van der Waals surface area contributed by atoms with Crippen LogP contribution in [0.4, 0.5) is 0 Å². The predicted octanol–water partition coefficient (Wildman–Crippen LogP) is 6.76. The van der Waals surface area contributed by atoms with E-state index in [1.165, 1.54) is 77.0 Å². The standard InChI is InChI=1S/C34H65N3O/c1-24(2)10-8-11-25(3)28-12-13-29-32-30(15-17-34(28,29)5)33(4)16-14-27(22-26(33)23-31(32)38)37-21-9-20-36-19-7-6-18-35/h24-32,36-38H,6-23,35H2,1-5H3/t25?,26-,27-,28-,29?,30?,31?,32?,33+,34-/m1/s1. The second kappa shape index (κ2) is 13.7. The first kappa shape index (κ1) is 30.8. The maximum Gasteiger partial charge on any atom is 0.0577 e. The number of nitrogens with two attached hydrogens (primary N) is 1. The van der Waals surface area contributed by atoms with Gasteiger partial charge in [-0.3, -0.25) is 0 Å². The lowest BCUT2D eigenvalue weighted by atomic mass is 9.43. The third-order valence-electron chi connectivity index (χ3n) is 12.7. The Kier molecular flexibility index (Phi) is 11.1. The highest BCUT2D eigenvalue weighted by molar-refractivity contribution is 5.12. The Morgan fingerprint density at radius 2 is 1.55 bits per heavy atom. The molecular weight excluding hydrogens is 466 g/mol. The van der Waals surface area contributed by atoms with Gasteiger partial charge >= 0.3 is 0 Å². The van der Waals surface area contributed by atoms with Gasteiger partial charge in [0.15, 0.2) is 0 Å². The SMILES string of the molecule is CC(C)CCCC(C)[C@H]1CCC2C3C(O)C[C@H]4C[C@H](NCCCNCCCCN)CC[C@]4(C)C3CC[C@@]21C. The molecule has 0 spiro atoms. The fourth-order valence-electron chi connectivity index (χ4n) is 10.5. The zero-order chi connectivity index (χ0) is 27.3. The van der Waals surface area contributed by atoms with Crippen LogP contribution in [0.1, 0.15) is 125 Å². The van der Waals surface area contributed by atoms with E-state index < -0.39 is 0 Å². The van der Waals surface area contributed by atoms with Gasteiger partial charge in [0.05, 0.1) is 6.10 Å². The summed E-state index contributed by atoms with van der Waals surface area (Å²) < 4.78 is 0. The summed E-state index contributed by atoms with van der Waals surface area (Å²) in [4.78, 5) is 0. The Hall–Kier alpha value is -0.160. The van der Waals surface area contributed by atoms with Gasteiger partial charge in [-0.25, -0.2) is 0 Å². The lowest BCUT2D eigenvalue weighted by Gasteiger charge is -2.62. The molecule has 5 unspecified atom stereocenters. The van der Waals surface area contributed by atoms with Gasteiger partial charge < -0.3 is 21.5 Å². The van der Waals surface area contributed by atoms with Gasteiger partial charge in [0.25, 0.3) is 0 Å². The summed E-state index contributed by atoms with van der Waals surface area (Å²) >= 11 is 0. The number of aliphatic hydroxyl groups is 1. The summed E-state index contributed by atoms with van der Waals surface area (Å²) in [6.07, 6.45) is 18.2. The number of rotatable bonds is 14. The lowest BCUT2D eigenvalue weighted by Crippen LogP contribution is -2.59. The maximum absolute atomic E-state index is 11.7. The van der Waals surface area contributed by atoms with Crippen LogP contribution in [0.25, 0.3) is 0 Å². The molecule has 0 bridgehead atoms. The van der Waals surface area contributed by atoms with Crippen molar-refractivity contribution in [2.75, 3.05) is 26.2 Å². The third-order valence-corrected chi connectivity index (χ3v) is 12.7. The Morgan fingerprint density at radius 1 is 0.816 bits per heavy atom. The Morgan fingerprint density at radius 3 is 2.32 bits per heavy atom. The smallest absolute Gasteiger partial charge is 0.0577 e. The molecule has 4 fully saturated rings. The molecule has 0 radical (unpaired) electrons. The van der Waals surface area contributed by atoms with Gasteiger partial charge in [-0.1, -0.05) is 53.9 Å². The number of unbranched alkanes of at least 4 members (excludes halogenated alkanes) is 1. The maximum atomic E-state index is 11.7. The van der Waals surface area contributed by atoms with Crippen LogP contribution in [0.2, 0.25) is 0 Å². The van der Waals surface area contributed by atoms with Crippen LogP contribution in [-0.2, 0) is 0 Å². The lowest BCUT2D eigenvalue weighted by molar-refractivity contribution is -0.167. The van der Waals surface area contributed by atoms with Crippen molar-refractivity contribution in [2.24, 2.45) is 58.0 Å². The summed E-state index contributed by atoms with van der Waals surface area (Å²) in [5.41, 5.74) is 6.48. The highest BCUT2D eigenvalue weighted by Crippen LogP contribution is 2.68. The normalized spacial score (nSPS) is 41.5. The summed E-state index contributed by atoms with van der Waals surface area (Å²) in [6, 6.07) is 0.644. The summed E-state index contributed by atoms with van der Waals surface area (Å²) in [5, 5.41) is 19.2. The quantitative estimate of drug-likeness (QED) is 0.187. The van der Waals surface area contributed by atoms with Gasteiger partial charge in [0.1, 0.15) is 0 Å². The molecule has 0 aromatic heterocycles. The van der Waals surface area contributed by atoms with E-state index in [0.29, 0.717) is 28.7 Å². The number of hydrogen-bond donors (Lipinski definition) is 4. The van der Waals surface area contributed by atoms with Gasteiger partial charge in [-0.2, -0.15) is 0 Å². The van der Waals surface area contributed by atoms with Crippen molar-refractivity contribution < 1.29 is 5.11 Å². The van der Waals surface area contributed by atoms with E-state index >= 15 is 0 Å².